The van der Waals surface area contributed by atoms with E-state index >= 15 is 0 Å². The molecule has 0 aliphatic carbocycles. The lowest BCUT2D eigenvalue weighted by molar-refractivity contribution is 0.00300. The highest BCUT2D eigenvalue weighted by atomic mass is 32.1. The normalized spacial score (nSPS) is 27.3. The predicted molar refractivity (Wildman–Crippen MR) is 81.1 cm³/mol. The van der Waals surface area contributed by atoms with Crippen LogP contribution in [0.4, 0.5) is 0 Å². The quantitative estimate of drug-likeness (QED) is 0.788. The van der Waals surface area contributed by atoms with Crippen molar-refractivity contribution < 1.29 is 0 Å². The van der Waals surface area contributed by atoms with E-state index in [1.54, 1.807) is 0 Å². The van der Waals surface area contributed by atoms with E-state index < -0.39 is 0 Å². The van der Waals surface area contributed by atoms with Crippen molar-refractivity contribution in [2.75, 3.05) is 39.3 Å². The van der Waals surface area contributed by atoms with E-state index in [1.807, 2.05) is 0 Å². The Morgan fingerprint density at radius 3 is 2.00 bits per heavy atom. The highest BCUT2D eigenvalue weighted by molar-refractivity contribution is 7.77. The molecule has 1 unspecified atom stereocenters. The summed E-state index contributed by atoms with van der Waals surface area (Å²) in [6.45, 7) is 14.3. The van der Waals surface area contributed by atoms with Crippen molar-refractivity contribution in [1.82, 2.24) is 14.1 Å². The van der Waals surface area contributed by atoms with Gasteiger partial charge in [0.15, 0.2) is 0 Å². The van der Waals surface area contributed by atoms with Crippen molar-refractivity contribution in [2.45, 2.75) is 51.6 Å². The Bertz CT molecular complexity index is 256. The van der Waals surface area contributed by atoms with Crippen molar-refractivity contribution in [3.63, 3.8) is 0 Å². The van der Waals surface area contributed by atoms with Crippen molar-refractivity contribution in [1.29, 1.82) is 0 Å². The molecule has 2 fully saturated rings. The molecule has 2 saturated heterocycles. The number of nitrogens with zero attached hydrogens (tertiary/aromatic N) is 3. The van der Waals surface area contributed by atoms with Gasteiger partial charge >= 0.3 is 0 Å². The molecule has 4 heteroatoms. The SMILES string of the molecule is CC(N1CCCCC1)C(C)(C)N1CCN(S)CC1. The molecular weight excluding hydrogens is 242 g/mol. The molecule has 2 heterocycles. The Balaban J connectivity index is 1.95. The van der Waals surface area contributed by atoms with E-state index in [9.17, 15) is 0 Å². The smallest absolute Gasteiger partial charge is 0.0306 e. The second-order valence-electron chi connectivity index (χ2n) is 6.37. The second-order valence-corrected chi connectivity index (χ2v) is 6.93. The summed E-state index contributed by atoms with van der Waals surface area (Å²) in [5, 5.41) is 0. The van der Waals surface area contributed by atoms with Crippen LogP contribution in [0.3, 0.4) is 0 Å². The summed E-state index contributed by atoms with van der Waals surface area (Å²) < 4.78 is 2.14. The van der Waals surface area contributed by atoms with Crippen LogP contribution in [0.2, 0.25) is 0 Å². The van der Waals surface area contributed by atoms with Crippen LogP contribution in [0.25, 0.3) is 0 Å². The molecule has 18 heavy (non-hydrogen) atoms. The first-order valence-corrected chi connectivity index (χ1v) is 7.85. The van der Waals surface area contributed by atoms with Crippen LogP contribution in [-0.2, 0) is 0 Å². The zero-order valence-electron chi connectivity index (χ0n) is 12.2. The summed E-state index contributed by atoms with van der Waals surface area (Å²) in [5.41, 5.74) is 0.270. The lowest BCUT2D eigenvalue weighted by atomic mass is 9.90. The van der Waals surface area contributed by atoms with Gasteiger partial charge < -0.3 is 0 Å². The third-order valence-corrected chi connectivity index (χ3v) is 5.43. The highest BCUT2D eigenvalue weighted by Crippen LogP contribution is 2.27. The van der Waals surface area contributed by atoms with E-state index in [0.717, 1.165) is 26.2 Å². The molecule has 106 valence electrons. The fourth-order valence-electron chi connectivity index (χ4n) is 3.29. The lowest BCUT2D eigenvalue weighted by Gasteiger charge is -2.50. The van der Waals surface area contributed by atoms with Crippen molar-refractivity contribution in [2.24, 2.45) is 0 Å². The summed E-state index contributed by atoms with van der Waals surface area (Å²) in [6.07, 6.45) is 4.18. The van der Waals surface area contributed by atoms with E-state index in [0.29, 0.717) is 6.04 Å². The van der Waals surface area contributed by atoms with Gasteiger partial charge in [-0.2, -0.15) is 0 Å². The summed E-state index contributed by atoms with van der Waals surface area (Å²) in [4.78, 5) is 5.34. The summed E-state index contributed by atoms with van der Waals surface area (Å²) in [6, 6.07) is 0.643. The number of hydrogen-bond acceptors (Lipinski definition) is 4. The number of piperazine rings is 1. The van der Waals surface area contributed by atoms with Crippen molar-refractivity contribution in [3.8, 4) is 0 Å². The third-order valence-electron chi connectivity index (χ3n) is 5.03. The zero-order valence-corrected chi connectivity index (χ0v) is 13.1. The summed E-state index contributed by atoms with van der Waals surface area (Å²) in [7, 11) is 0. The first-order chi connectivity index (χ1) is 8.51. The molecule has 0 amide bonds. The summed E-state index contributed by atoms with van der Waals surface area (Å²) >= 11 is 4.45. The molecular formula is C14H29N3S. The Labute approximate surface area is 118 Å². The van der Waals surface area contributed by atoms with Gasteiger partial charge in [-0.3, -0.25) is 14.1 Å². The standard InChI is InChI=1S/C14H29N3S/c1-13(15-7-5-4-6-8-15)14(2,3)16-9-11-17(18)12-10-16/h13,18H,4-12H2,1-3H3. The maximum Gasteiger partial charge on any atom is 0.0306 e. The molecule has 3 nitrogen and oxygen atoms in total. The van der Waals surface area contributed by atoms with E-state index in [2.05, 4.69) is 47.7 Å². The van der Waals surface area contributed by atoms with Gasteiger partial charge in [-0.15, -0.1) is 0 Å². The molecule has 0 aromatic rings. The fraction of sp³-hybridized carbons (Fsp3) is 1.00. The lowest BCUT2D eigenvalue weighted by Crippen LogP contribution is -2.62. The largest absolute Gasteiger partial charge is 0.299 e. The molecule has 1 atom stereocenters. The first kappa shape index (κ1) is 14.6. The minimum absolute atomic E-state index is 0.270. The van der Waals surface area contributed by atoms with Crippen LogP contribution < -0.4 is 0 Å². The van der Waals surface area contributed by atoms with Gasteiger partial charge in [0.25, 0.3) is 0 Å². The van der Waals surface area contributed by atoms with E-state index in [1.165, 1.54) is 32.4 Å². The average molecular weight is 271 g/mol. The van der Waals surface area contributed by atoms with E-state index in [4.69, 9.17) is 0 Å². The zero-order chi connectivity index (χ0) is 13.2. The van der Waals surface area contributed by atoms with Gasteiger partial charge in [0, 0.05) is 37.8 Å². The molecule has 0 N–H and O–H groups in total. The van der Waals surface area contributed by atoms with Crippen molar-refractivity contribution in [3.05, 3.63) is 0 Å². The molecule has 2 aliphatic rings. The Morgan fingerprint density at radius 2 is 1.44 bits per heavy atom. The van der Waals surface area contributed by atoms with Gasteiger partial charge in [-0.05, 0) is 46.7 Å². The van der Waals surface area contributed by atoms with Crippen LogP contribution in [0.5, 0.6) is 0 Å². The molecule has 0 bridgehead atoms. The molecule has 2 rings (SSSR count). The van der Waals surface area contributed by atoms with E-state index in [-0.39, 0.29) is 5.54 Å². The maximum atomic E-state index is 4.45. The Kier molecular flexibility index (Phi) is 4.98. The van der Waals surface area contributed by atoms with Crippen molar-refractivity contribution >= 4 is 12.8 Å². The number of thiol groups is 1. The maximum absolute atomic E-state index is 4.45. The number of likely N-dealkylation sites (tertiary alicyclic amines) is 1. The van der Waals surface area contributed by atoms with Crippen LogP contribution >= 0.6 is 12.8 Å². The number of hydrogen-bond donors (Lipinski definition) is 1. The van der Waals surface area contributed by atoms with Gasteiger partial charge in [-0.25, -0.2) is 0 Å². The van der Waals surface area contributed by atoms with Gasteiger partial charge in [-0.1, -0.05) is 19.2 Å². The fourth-order valence-corrected chi connectivity index (χ4v) is 3.47. The van der Waals surface area contributed by atoms with Gasteiger partial charge in [0.2, 0.25) is 0 Å². The molecule has 0 spiro atoms. The van der Waals surface area contributed by atoms with Gasteiger partial charge in [0.05, 0.1) is 0 Å². The van der Waals surface area contributed by atoms with Crippen LogP contribution in [0, 0.1) is 0 Å². The Hall–Kier alpha value is 0.230. The molecule has 0 saturated carbocycles. The molecule has 0 aromatic heterocycles. The first-order valence-electron chi connectivity index (χ1n) is 7.45. The van der Waals surface area contributed by atoms with Gasteiger partial charge in [0.1, 0.15) is 0 Å². The minimum atomic E-state index is 0.270. The Morgan fingerprint density at radius 1 is 0.889 bits per heavy atom. The topological polar surface area (TPSA) is 9.72 Å². The minimum Gasteiger partial charge on any atom is -0.299 e. The predicted octanol–water partition coefficient (Wildman–Crippen LogP) is 2.10. The molecule has 0 aromatic carbocycles. The monoisotopic (exact) mass is 271 g/mol. The summed E-state index contributed by atoms with van der Waals surface area (Å²) in [5.74, 6) is 0. The molecule has 0 radical (unpaired) electrons. The number of rotatable bonds is 3. The van der Waals surface area contributed by atoms with Crippen LogP contribution in [0.1, 0.15) is 40.0 Å². The average Bonchev–Trinajstić information content (AvgIpc) is 2.39. The van der Waals surface area contributed by atoms with Crippen LogP contribution in [0.15, 0.2) is 0 Å². The second kappa shape index (κ2) is 6.12. The molecule has 2 aliphatic heterocycles. The third kappa shape index (κ3) is 3.21. The van der Waals surface area contributed by atoms with Crippen LogP contribution in [-0.4, -0.2) is 65.0 Å². The number of piperidine rings is 1. The highest BCUT2D eigenvalue weighted by Gasteiger charge is 2.37.